The summed E-state index contributed by atoms with van der Waals surface area (Å²) in [5, 5.41) is 2.07. The lowest BCUT2D eigenvalue weighted by molar-refractivity contribution is 0.286. The first-order chi connectivity index (χ1) is 8.25. The number of hydrogen-bond acceptors (Lipinski definition) is 3. The van der Waals surface area contributed by atoms with Gasteiger partial charge in [0.15, 0.2) is 0 Å². The summed E-state index contributed by atoms with van der Waals surface area (Å²) in [4.78, 5) is 1.30. The van der Waals surface area contributed by atoms with Gasteiger partial charge in [-0.25, -0.2) is 0 Å². The molecule has 1 unspecified atom stereocenters. The topological polar surface area (TPSA) is 35.2 Å². The Morgan fingerprint density at radius 1 is 1.24 bits per heavy atom. The quantitative estimate of drug-likeness (QED) is 0.917. The van der Waals surface area contributed by atoms with Crippen LogP contribution < -0.4 is 10.5 Å². The van der Waals surface area contributed by atoms with Crippen molar-refractivity contribution in [1.29, 1.82) is 0 Å². The summed E-state index contributed by atoms with van der Waals surface area (Å²) in [6.07, 6.45) is 0.863. The molecule has 1 aromatic carbocycles. The lowest BCUT2D eigenvalue weighted by atomic mass is 10.2. The van der Waals surface area contributed by atoms with Gasteiger partial charge in [0.1, 0.15) is 12.4 Å². The first-order valence-electron chi connectivity index (χ1n) is 5.41. The molecule has 17 heavy (non-hydrogen) atoms. The van der Waals surface area contributed by atoms with Gasteiger partial charge in [-0.2, -0.15) is 0 Å². The van der Waals surface area contributed by atoms with Gasteiger partial charge in [-0.1, -0.05) is 18.2 Å². The van der Waals surface area contributed by atoms with Crippen LogP contribution in [0.3, 0.4) is 0 Å². The predicted octanol–water partition coefficient (Wildman–Crippen LogP) is 3.46. The van der Waals surface area contributed by atoms with Crippen molar-refractivity contribution in [3.8, 4) is 5.75 Å². The second-order valence-corrected chi connectivity index (χ2v) is 5.67. The number of para-hydroxylation sites is 1. The van der Waals surface area contributed by atoms with E-state index in [0.29, 0.717) is 6.61 Å². The molecular weight excluding hydrogens is 298 g/mol. The van der Waals surface area contributed by atoms with Crippen LogP contribution in [-0.4, -0.2) is 12.6 Å². The van der Waals surface area contributed by atoms with Gasteiger partial charge in [-0.15, -0.1) is 11.3 Å². The van der Waals surface area contributed by atoms with Gasteiger partial charge in [0.2, 0.25) is 0 Å². The van der Waals surface area contributed by atoms with E-state index in [-0.39, 0.29) is 6.04 Å². The van der Waals surface area contributed by atoms with Crippen LogP contribution in [0.25, 0.3) is 0 Å². The van der Waals surface area contributed by atoms with Crippen LogP contribution in [0.15, 0.2) is 46.3 Å². The number of benzene rings is 1. The Bertz CT molecular complexity index is 458. The second kappa shape index (κ2) is 6.19. The SMILES string of the molecule is NC(COc1ccccc1Br)Cc1cccs1. The second-order valence-electron chi connectivity index (χ2n) is 3.78. The minimum atomic E-state index is 0.0285. The van der Waals surface area contributed by atoms with E-state index in [4.69, 9.17) is 10.5 Å². The predicted molar refractivity (Wildman–Crippen MR) is 75.6 cm³/mol. The van der Waals surface area contributed by atoms with Crippen LogP contribution in [0.5, 0.6) is 5.75 Å². The van der Waals surface area contributed by atoms with Gasteiger partial charge in [-0.3, -0.25) is 0 Å². The fourth-order valence-electron chi connectivity index (χ4n) is 1.50. The van der Waals surface area contributed by atoms with Crippen molar-refractivity contribution in [2.24, 2.45) is 5.73 Å². The van der Waals surface area contributed by atoms with Gasteiger partial charge in [0.25, 0.3) is 0 Å². The molecule has 0 aliphatic heterocycles. The highest BCUT2D eigenvalue weighted by molar-refractivity contribution is 9.10. The molecule has 4 heteroatoms. The third kappa shape index (κ3) is 3.84. The Morgan fingerprint density at radius 3 is 2.76 bits per heavy atom. The number of ether oxygens (including phenoxy) is 1. The van der Waals surface area contributed by atoms with Gasteiger partial charge in [0.05, 0.1) is 4.47 Å². The van der Waals surface area contributed by atoms with Gasteiger partial charge in [0, 0.05) is 17.3 Å². The summed E-state index contributed by atoms with van der Waals surface area (Å²) in [5.74, 6) is 0.842. The zero-order chi connectivity index (χ0) is 12.1. The van der Waals surface area contributed by atoms with Crippen molar-refractivity contribution in [3.63, 3.8) is 0 Å². The van der Waals surface area contributed by atoms with Crippen molar-refractivity contribution in [3.05, 3.63) is 51.1 Å². The molecule has 1 atom stereocenters. The summed E-state index contributed by atoms with van der Waals surface area (Å²) in [6.45, 7) is 0.528. The highest BCUT2D eigenvalue weighted by Gasteiger charge is 2.07. The highest BCUT2D eigenvalue weighted by Crippen LogP contribution is 2.23. The third-order valence-corrected chi connectivity index (χ3v) is 3.89. The van der Waals surface area contributed by atoms with E-state index >= 15 is 0 Å². The summed E-state index contributed by atoms with van der Waals surface area (Å²) in [5.41, 5.74) is 6.03. The molecule has 1 heterocycles. The lowest BCUT2D eigenvalue weighted by Crippen LogP contribution is -2.29. The molecule has 2 aromatic rings. The zero-order valence-corrected chi connectivity index (χ0v) is 11.7. The Labute approximate surface area is 114 Å². The Balaban J connectivity index is 1.84. The third-order valence-electron chi connectivity index (χ3n) is 2.33. The van der Waals surface area contributed by atoms with Crippen LogP contribution in [-0.2, 0) is 6.42 Å². The van der Waals surface area contributed by atoms with E-state index in [2.05, 4.69) is 27.4 Å². The molecule has 0 fully saturated rings. The van der Waals surface area contributed by atoms with Crippen molar-refractivity contribution >= 4 is 27.3 Å². The first kappa shape index (κ1) is 12.6. The summed E-state index contributed by atoms with van der Waals surface area (Å²) in [7, 11) is 0. The maximum absolute atomic E-state index is 6.03. The van der Waals surface area contributed by atoms with Crippen molar-refractivity contribution < 1.29 is 4.74 Å². The summed E-state index contributed by atoms with van der Waals surface area (Å²) >= 11 is 5.17. The molecule has 0 spiro atoms. The molecule has 0 aliphatic carbocycles. The number of halogens is 1. The van der Waals surface area contributed by atoms with Crippen LogP contribution >= 0.6 is 27.3 Å². The maximum Gasteiger partial charge on any atom is 0.133 e. The average Bonchev–Trinajstić information content (AvgIpc) is 2.81. The first-order valence-corrected chi connectivity index (χ1v) is 7.08. The van der Waals surface area contributed by atoms with E-state index in [1.165, 1.54) is 4.88 Å². The van der Waals surface area contributed by atoms with E-state index in [9.17, 15) is 0 Å². The number of thiophene rings is 1. The largest absolute Gasteiger partial charge is 0.491 e. The van der Waals surface area contributed by atoms with Crippen LogP contribution in [0.2, 0.25) is 0 Å². The smallest absolute Gasteiger partial charge is 0.133 e. The fraction of sp³-hybridized carbons (Fsp3) is 0.231. The molecule has 2 nitrogen and oxygen atoms in total. The highest BCUT2D eigenvalue weighted by atomic mass is 79.9. The molecule has 0 saturated heterocycles. The molecule has 0 radical (unpaired) electrons. The normalized spacial score (nSPS) is 12.4. The number of rotatable bonds is 5. The van der Waals surface area contributed by atoms with Crippen molar-refractivity contribution in [2.45, 2.75) is 12.5 Å². The Kier molecular flexibility index (Phi) is 4.59. The Morgan fingerprint density at radius 2 is 2.06 bits per heavy atom. The van der Waals surface area contributed by atoms with Crippen LogP contribution in [0, 0.1) is 0 Å². The van der Waals surface area contributed by atoms with Crippen LogP contribution in [0.4, 0.5) is 0 Å². The van der Waals surface area contributed by atoms with Crippen LogP contribution in [0.1, 0.15) is 4.88 Å². The lowest BCUT2D eigenvalue weighted by Gasteiger charge is -2.13. The van der Waals surface area contributed by atoms with Crippen molar-refractivity contribution in [1.82, 2.24) is 0 Å². The van der Waals surface area contributed by atoms with Gasteiger partial charge in [-0.05, 0) is 39.5 Å². The molecule has 2 N–H and O–H groups in total. The number of hydrogen-bond donors (Lipinski definition) is 1. The molecule has 90 valence electrons. The zero-order valence-electron chi connectivity index (χ0n) is 9.30. The standard InChI is InChI=1S/C13H14BrNOS/c14-12-5-1-2-6-13(12)16-9-10(15)8-11-4-3-7-17-11/h1-7,10H,8-9,15H2. The van der Waals surface area contributed by atoms with Gasteiger partial charge >= 0.3 is 0 Å². The molecular formula is C13H14BrNOS. The molecule has 0 bridgehead atoms. The van der Waals surface area contributed by atoms with E-state index in [1.54, 1.807) is 11.3 Å². The van der Waals surface area contributed by atoms with Crippen molar-refractivity contribution in [2.75, 3.05) is 6.61 Å². The minimum Gasteiger partial charge on any atom is -0.491 e. The fourth-order valence-corrected chi connectivity index (χ4v) is 2.70. The summed E-state index contributed by atoms with van der Waals surface area (Å²) < 4.78 is 6.64. The monoisotopic (exact) mass is 311 g/mol. The maximum atomic E-state index is 6.03. The Hall–Kier alpha value is -0.840. The molecule has 0 aliphatic rings. The summed E-state index contributed by atoms with van der Waals surface area (Å²) in [6, 6.07) is 12.0. The molecule has 2 rings (SSSR count). The van der Waals surface area contributed by atoms with E-state index in [0.717, 1.165) is 16.6 Å². The minimum absolute atomic E-state index is 0.0285. The average molecular weight is 312 g/mol. The molecule has 0 amide bonds. The van der Waals surface area contributed by atoms with Gasteiger partial charge < -0.3 is 10.5 Å². The molecule has 1 aromatic heterocycles. The van der Waals surface area contributed by atoms with E-state index in [1.807, 2.05) is 30.3 Å². The van der Waals surface area contributed by atoms with E-state index < -0.39 is 0 Å². The molecule has 0 saturated carbocycles. The number of nitrogens with two attached hydrogens (primary N) is 1.